The van der Waals surface area contributed by atoms with Gasteiger partial charge in [0.25, 0.3) is 0 Å². The van der Waals surface area contributed by atoms with Crippen molar-refractivity contribution in [2.24, 2.45) is 23.5 Å². The molecule has 2 N–H and O–H groups in total. The predicted molar refractivity (Wildman–Crippen MR) is 97.6 cm³/mol. The van der Waals surface area contributed by atoms with Crippen LogP contribution in [0.3, 0.4) is 0 Å². The first-order valence-electron chi connectivity index (χ1n) is 9.76. The molecule has 0 amide bonds. The second kappa shape index (κ2) is 14.9. The Morgan fingerprint density at radius 1 is 0.524 bits per heavy atom. The number of hydrogen-bond acceptors (Lipinski definition) is 1. The molecule has 128 valence electrons. The van der Waals surface area contributed by atoms with Crippen LogP contribution in [0.4, 0.5) is 0 Å². The summed E-state index contributed by atoms with van der Waals surface area (Å²) in [7, 11) is 0. The predicted octanol–water partition coefficient (Wildman–Crippen LogP) is 6.55. The van der Waals surface area contributed by atoms with Gasteiger partial charge in [0.2, 0.25) is 0 Å². The molecule has 0 aliphatic heterocycles. The fourth-order valence-electron chi connectivity index (χ4n) is 3.06. The molecule has 0 bridgehead atoms. The minimum Gasteiger partial charge on any atom is -0.330 e. The highest BCUT2D eigenvalue weighted by molar-refractivity contribution is 4.61. The molecule has 1 unspecified atom stereocenters. The van der Waals surface area contributed by atoms with Crippen molar-refractivity contribution in [3.05, 3.63) is 0 Å². The SMILES string of the molecule is CC(C)CCCCCCCC(CN)CCCCCC(C)C. The fourth-order valence-corrected chi connectivity index (χ4v) is 3.06. The lowest BCUT2D eigenvalue weighted by Gasteiger charge is -2.14. The van der Waals surface area contributed by atoms with Crippen LogP contribution in [0.5, 0.6) is 0 Å². The molecule has 1 heteroatoms. The molecule has 21 heavy (non-hydrogen) atoms. The topological polar surface area (TPSA) is 26.0 Å². The van der Waals surface area contributed by atoms with E-state index < -0.39 is 0 Å². The molecule has 0 aromatic carbocycles. The molecular weight excluding hydrogens is 254 g/mol. The average Bonchev–Trinajstić information content (AvgIpc) is 2.43. The Labute approximate surface area is 135 Å². The molecule has 0 spiro atoms. The summed E-state index contributed by atoms with van der Waals surface area (Å²) < 4.78 is 0. The van der Waals surface area contributed by atoms with Crippen LogP contribution in [0, 0.1) is 17.8 Å². The third-order valence-electron chi connectivity index (χ3n) is 4.62. The average molecular weight is 298 g/mol. The largest absolute Gasteiger partial charge is 0.330 e. The van der Waals surface area contributed by atoms with E-state index in [-0.39, 0.29) is 0 Å². The molecule has 0 rings (SSSR count). The first kappa shape index (κ1) is 21.0. The van der Waals surface area contributed by atoms with Gasteiger partial charge in [-0.15, -0.1) is 0 Å². The molecule has 0 aromatic heterocycles. The van der Waals surface area contributed by atoms with Gasteiger partial charge in [-0.3, -0.25) is 0 Å². The Hall–Kier alpha value is -0.0400. The van der Waals surface area contributed by atoms with Gasteiger partial charge >= 0.3 is 0 Å². The maximum atomic E-state index is 5.93. The first-order valence-corrected chi connectivity index (χ1v) is 9.76. The quantitative estimate of drug-likeness (QED) is 0.340. The van der Waals surface area contributed by atoms with Crippen molar-refractivity contribution in [3.8, 4) is 0 Å². The van der Waals surface area contributed by atoms with E-state index >= 15 is 0 Å². The Morgan fingerprint density at radius 2 is 0.857 bits per heavy atom. The monoisotopic (exact) mass is 297 g/mol. The van der Waals surface area contributed by atoms with E-state index in [9.17, 15) is 0 Å². The number of unbranched alkanes of at least 4 members (excludes halogenated alkanes) is 6. The Kier molecular flexibility index (Phi) is 14.9. The highest BCUT2D eigenvalue weighted by atomic mass is 14.5. The Bertz CT molecular complexity index is 198. The Balaban J connectivity index is 3.36. The summed E-state index contributed by atoms with van der Waals surface area (Å²) in [5.74, 6) is 2.54. The van der Waals surface area contributed by atoms with Crippen LogP contribution in [-0.2, 0) is 0 Å². The lowest BCUT2D eigenvalue weighted by molar-refractivity contribution is 0.405. The molecule has 0 saturated heterocycles. The zero-order chi connectivity index (χ0) is 15.9. The fraction of sp³-hybridized carbons (Fsp3) is 1.00. The van der Waals surface area contributed by atoms with Gasteiger partial charge in [0, 0.05) is 0 Å². The molecule has 1 atom stereocenters. The van der Waals surface area contributed by atoms with Crippen LogP contribution in [0.25, 0.3) is 0 Å². The summed E-state index contributed by atoms with van der Waals surface area (Å²) in [4.78, 5) is 0. The lowest BCUT2D eigenvalue weighted by Crippen LogP contribution is -2.14. The molecule has 0 radical (unpaired) electrons. The highest BCUT2D eigenvalue weighted by Crippen LogP contribution is 2.19. The van der Waals surface area contributed by atoms with Crippen molar-refractivity contribution in [1.82, 2.24) is 0 Å². The van der Waals surface area contributed by atoms with E-state index in [4.69, 9.17) is 5.73 Å². The zero-order valence-corrected chi connectivity index (χ0v) is 15.5. The van der Waals surface area contributed by atoms with E-state index in [1.54, 1.807) is 0 Å². The maximum Gasteiger partial charge on any atom is -0.00489 e. The summed E-state index contributed by atoms with van der Waals surface area (Å²) in [6.07, 6.45) is 16.8. The second-order valence-corrected chi connectivity index (χ2v) is 7.87. The van der Waals surface area contributed by atoms with Crippen molar-refractivity contribution in [1.29, 1.82) is 0 Å². The highest BCUT2D eigenvalue weighted by Gasteiger charge is 2.06. The molecule has 1 nitrogen and oxygen atoms in total. The van der Waals surface area contributed by atoms with Crippen LogP contribution in [0.1, 0.15) is 105 Å². The molecule has 0 aromatic rings. The van der Waals surface area contributed by atoms with Crippen molar-refractivity contribution in [3.63, 3.8) is 0 Å². The molecule has 0 aliphatic rings. The zero-order valence-electron chi connectivity index (χ0n) is 15.5. The standard InChI is InChI=1S/C20H43N/c1-18(2)13-9-6-5-7-11-15-20(17-21)16-12-8-10-14-19(3)4/h18-20H,5-17,21H2,1-4H3. The molecular formula is C20H43N. The van der Waals surface area contributed by atoms with Gasteiger partial charge in [-0.05, 0) is 37.1 Å². The molecule has 0 aliphatic carbocycles. The van der Waals surface area contributed by atoms with Gasteiger partial charge in [-0.1, -0.05) is 91.9 Å². The van der Waals surface area contributed by atoms with E-state index in [0.29, 0.717) is 0 Å². The normalized spacial score (nSPS) is 13.3. The Morgan fingerprint density at radius 3 is 1.24 bits per heavy atom. The minimum atomic E-state index is 0.791. The van der Waals surface area contributed by atoms with Crippen LogP contribution in [0.15, 0.2) is 0 Å². The smallest absolute Gasteiger partial charge is 0.00489 e. The second-order valence-electron chi connectivity index (χ2n) is 7.87. The van der Waals surface area contributed by atoms with E-state index in [1.807, 2.05) is 0 Å². The van der Waals surface area contributed by atoms with Crippen LogP contribution in [-0.4, -0.2) is 6.54 Å². The number of rotatable bonds is 15. The van der Waals surface area contributed by atoms with E-state index in [1.165, 1.54) is 77.0 Å². The first-order chi connectivity index (χ1) is 10.1. The van der Waals surface area contributed by atoms with Crippen LogP contribution in [0.2, 0.25) is 0 Å². The minimum absolute atomic E-state index is 0.791. The molecule has 0 heterocycles. The molecule has 0 saturated carbocycles. The summed E-state index contributed by atoms with van der Waals surface area (Å²) in [6, 6.07) is 0. The van der Waals surface area contributed by atoms with Crippen molar-refractivity contribution >= 4 is 0 Å². The third kappa shape index (κ3) is 16.2. The summed E-state index contributed by atoms with van der Waals surface area (Å²) in [6.45, 7) is 10.2. The summed E-state index contributed by atoms with van der Waals surface area (Å²) in [5, 5.41) is 0. The lowest BCUT2D eigenvalue weighted by atomic mass is 9.93. The number of nitrogens with two attached hydrogens (primary N) is 1. The van der Waals surface area contributed by atoms with Crippen LogP contribution < -0.4 is 5.73 Å². The summed E-state index contributed by atoms with van der Waals surface area (Å²) >= 11 is 0. The van der Waals surface area contributed by atoms with Crippen LogP contribution >= 0.6 is 0 Å². The van der Waals surface area contributed by atoms with E-state index in [2.05, 4.69) is 27.7 Å². The maximum absolute atomic E-state index is 5.93. The van der Waals surface area contributed by atoms with Gasteiger partial charge in [-0.25, -0.2) is 0 Å². The van der Waals surface area contributed by atoms with Crippen molar-refractivity contribution in [2.75, 3.05) is 6.54 Å². The molecule has 0 fully saturated rings. The van der Waals surface area contributed by atoms with Gasteiger partial charge in [0.15, 0.2) is 0 Å². The van der Waals surface area contributed by atoms with Gasteiger partial charge in [0.1, 0.15) is 0 Å². The van der Waals surface area contributed by atoms with Gasteiger partial charge in [0.05, 0.1) is 0 Å². The van der Waals surface area contributed by atoms with E-state index in [0.717, 1.165) is 24.3 Å². The van der Waals surface area contributed by atoms with Gasteiger partial charge < -0.3 is 5.73 Å². The van der Waals surface area contributed by atoms with Crippen molar-refractivity contribution in [2.45, 2.75) is 105 Å². The third-order valence-corrected chi connectivity index (χ3v) is 4.62. The van der Waals surface area contributed by atoms with Crippen molar-refractivity contribution < 1.29 is 0 Å². The summed E-state index contributed by atoms with van der Waals surface area (Å²) in [5.41, 5.74) is 5.93. The van der Waals surface area contributed by atoms with Gasteiger partial charge in [-0.2, -0.15) is 0 Å². The number of hydrogen-bond donors (Lipinski definition) is 1.